The molecule has 1 amide bonds. The first kappa shape index (κ1) is 22.3. The van der Waals surface area contributed by atoms with Crippen molar-refractivity contribution in [3.63, 3.8) is 0 Å². The highest BCUT2D eigenvalue weighted by Crippen LogP contribution is 2.36. The van der Waals surface area contributed by atoms with Crippen LogP contribution >= 0.6 is 35.6 Å². The number of carbonyl (C=O) groups is 2. The Labute approximate surface area is 199 Å². The molecule has 0 saturated carbocycles. The Morgan fingerprint density at radius 2 is 1.81 bits per heavy atom. The molecule has 0 atom stereocenters. The van der Waals surface area contributed by atoms with Crippen molar-refractivity contribution in [2.75, 3.05) is 4.90 Å². The lowest BCUT2D eigenvalue weighted by Crippen LogP contribution is -2.27. The van der Waals surface area contributed by atoms with Crippen LogP contribution in [0.3, 0.4) is 0 Å². The largest absolute Gasteiger partial charge is 0.481 e. The Balaban J connectivity index is 1.47. The molecular formula is C24H18ClNO4S2. The normalized spacial score (nSPS) is 15.0. The van der Waals surface area contributed by atoms with Gasteiger partial charge in [-0.05, 0) is 66.9 Å². The maximum Gasteiger partial charge on any atom is 0.303 e. The molecule has 0 spiro atoms. The summed E-state index contributed by atoms with van der Waals surface area (Å²) in [6.45, 7) is 0. The average Bonchev–Trinajstić information content (AvgIpc) is 3.33. The summed E-state index contributed by atoms with van der Waals surface area (Å²) in [6.07, 6.45) is 3.06. The second-order valence-corrected chi connectivity index (χ2v) is 9.25. The molecule has 1 saturated heterocycles. The molecule has 8 heteroatoms. The van der Waals surface area contributed by atoms with Gasteiger partial charge in [-0.1, -0.05) is 47.7 Å². The Morgan fingerprint density at radius 3 is 2.50 bits per heavy atom. The molecular weight excluding hydrogens is 466 g/mol. The summed E-state index contributed by atoms with van der Waals surface area (Å²) in [5, 5.41) is 9.41. The second kappa shape index (κ2) is 9.73. The van der Waals surface area contributed by atoms with Gasteiger partial charge in [0.25, 0.3) is 5.91 Å². The van der Waals surface area contributed by atoms with Gasteiger partial charge in [0.15, 0.2) is 4.32 Å². The summed E-state index contributed by atoms with van der Waals surface area (Å²) in [5.74, 6) is 0.233. The number of carboxylic acid groups (broad SMARTS) is 1. The summed E-state index contributed by atoms with van der Waals surface area (Å²) in [7, 11) is 0. The Hall–Kier alpha value is -2.87. The predicted octanol–water partition coefficient (Wildman–Crippen LogP) is 6.41. The van der Waals surface area contributed by atoms with E-state index in [1.807, 2.05) is 48.5 Å². The third-order valence-corrected chi connectivity index (χ3v) is 6.43. The van der Waals surface area contributed by atoms with Gasteiger partial charge in [0, 0.05) is 23.1 Å². The molecule has 1 aromatic heterocycles. The summed E-state index contributed by atoms with van der Waals surface area (Å²) in [4.78, 5) is 25.6. The van der Waals surface area contributed by atoms with Crippen molar-refractivity contribution in [1.82, 2.24) is 0 Å². The minimum atomic E-state index is -0.803. The van der Waals surface area contributed by atoms with Crippen LogP contribution in [-0.2, 0) is 16.0 Å². The SMILES string of the molecule is O=C(O)CCCc1ccc(N2C(=O)C(=Cc3ccc(-c4ccc(Cl)cc4)o3)SC2=S)cc1. The van der Waals surface area contributed by atoms with Crippen LogP contribution in [0.2, 0.25) is 5.02 Å². The summed E-state index contributed by atoms with van der Waals surface area (Å²) in [5.41, 5.74) is 2.59. The maximum atomic E-state index is 13.0. The molecule has 1 N–H and O–H groups in total. The predicted molar refractivity (Wildman–Crippen MR) is 132 cm³/mol. The van der Waals surface area contributed by atoms with Gasteiger partial charge in [-0.3, -0.25) is 14.5 Å². The van der Waals surface area contributed by atoms with Gasteiger partial charge in [-0.2, -0.15) is 0 Å². The van der Waals surface area contributed by atoms with E-state index in [1.54, 1.807) is 18.2 Å². The van der Waals surface area contributed by atoms with E-state index in [4.69, 9.17) is 33.3 Å². The number of amides is 1. The van der Waals surface area contributed by atoms with Gasteiger partial charge in [-0.25, -0.2) is 0 Å². The number of thiocarbonyl (C=S) groups is 1. The number of benzene rings is 2. The van der Waals surface area contributed by atoms with Gasteiger partial charge < -0.3 is 9.52 Å². The van der Waals surface area contributed by atoms with Crippen molar-refractivity contribution >= 4 is 63.5 Å². The van der Waals surface area contributed by atoms with Crippen molar-refractivity contribution in [2.45, 2.75) is 19.3 Å². The fourth-order valence-corrected chi connectivity index (χ4v) is 4.68. The van der Waals surface area contributed by atoms with Crippen LogP contribution in [0.4, 0.5) is 5.69 Å². The highest BCUT2D eigenvalue weighted by Gasteiger charge is 2.33. The number of anilines is 1. The minimum Gasteiger partial charge on any atom is -0.481 e. The van der Waals surface area contributed by atoms with Gasteiger partial charge >= 0.3 is 5.97 Å². The summed E-state index contributed by atoms with van der Waals surface area (Å²) < 4.78 is 6.33. The van der Waals surface area contributed by atoms with E-state index in [1.165, 1.54) is 16.7 Å². The van der Waals surface area contributed by atoms with Crippen molar-refractivity contribution in [3.05, 3.63) is 81.9 Å². The molecule has 0 bridgehead atoms. The van der Waals surface area contributed by atoms with Crippen molar-refractivity contribution < 1.29 is 19.1 Å². The average molecular weight is 484 g/mol. The summed E-state index contributed by atoms with van der Waals surface area (Å²) in [6, 6.07) is 18.4. The Morgan fingerprint density at radius 1 is 1.09 bits per heavy atom. The van der Waals surface area contributed by atoms with Crippen LogP contribution in [-0.4, -0.2) is 21.3 Å². The zero-order valence-corrected chi connectivity index (χ0v) is 19.2. The van der Waals surface area contributed by atoms with Crippen LogP contribution in [0.25, 0.3) is 17.4 Å². The zero-order valence-electron chi connectivity index (χ0n) is 16.8. The first-order chi connectivity index (χ1) is 15.4. The number of aliphatic carboxylic acids is 1. The highest BCUT2D eigenvalue weighted by molar-refractivity contribution is 8.27. The van der Waals surface area contributed by atoms with Crippen molar-refractivity contribution in [1.29, 1.82) is 0 Å². The third-order valence-electron chi connectivity index (χ3n) is 4.87. The van der Waals surface area contributed by atoms with E-state index < -0.39 is 5.97 Å². The standard InChI is InChI=1S/C24H18ClNO4S2/c25-17-8-6-16(7-9-17)20-13-12-19(30-20)14-21-23(29)26(24(31)32-21)18-10-4-15(5-11-18)2-1-3-22(27)28/h4-14H,1-3H2,(H,27,28). The van der Waals surface area contributed by atoms with Crippen LogP contribution in [0, 0.1) is 0 Å². The van der Waals surface area contributed by atoms with Gasteiger partial charge in [-0.15, -0.1) is 0 Å². The summed E-state index contributed by atoms with van der Waals surface area (Å²) >= 11 is 12.6. The van der Waals surface area contributed by atoms with Crippen LogP contribution in [0.1, 0.15) is 24.2 Å². The molecule has 4 rings (SSSR count). The molecule has 0 aliphatic carbocycles. The topological polar surface area (TPSA) is 70.8 Å². The molecule has 1 aliphatic heterocycles. The fraction of sp³-hybridized carbons (Fsp3) is 0.125. The first-order valence-electron chi connectivity index (χ1n) is 9.85. The smallest absolute Gasteiger partial charge is 0.303 e. The molecule has 3 aromatic rings. The number of thioether (sulfide) groups is 1. The number of furan rings is 1. The molecule has 1 aliphatic rings. The monoisotopic (exact) mass is 483 g/mol. The van der Waals surface area contributed by atoms with Crippen LogP contribution in [0.5, 0.6) is 0 Å². The molecule has 2 heterocycles. The molecule has 162 valence electrons. The Bertz CT molecular complexity index is 1200. The van der Waals surface area contributed by atoms with E-state index in [9.17, 15) is 9.59 Å². The Kier molecular flexibility index (Phi) is 6.79. The third kappa shape index (κ3) is 5.12. The number of hydrogen-bond acceptors (Lipinski definition) is 5. The van der Waals surface area contributed by atoms with E-state index in [-0.39, 0.29) is 12.3 Å². The molecule has 0 radical (unpaired) electrons. The lowest BCUT2D eigenvalue weighted by Gasteiger charge is -2.15. The number of nitrogens with zero attached hydrogens (tertiary/aromatic N) is 1. The van der Waals surface area contributed by atoms with E-state index in [0.29, 0.717) is 44.3 Å². The zero-order chi connectivity index (χ0) is 22.7. The fourth-order valence-electron chi connectivity index (χ4n) is 3.27. The molecule has 1 fully saturated rings. The van der Waals surface area contributed by atoms with Crippen LogP contribution in [0.15, 0.2) is 70.0 Å². The lowest BCUT2D eigenvalue weighted by molar-refractivity contribution is -0.137. The number of hydrogen-bond donors (Lipinski definition) is 1. The molecule has 0 unspecified atom stereocenters. The van der Waals surface area contributed by atoms with Crippen LogP contribution < -0.4 is 4.90 Å². The molecule has 5 nitrogen and oxygen atoms in total. The highest BCUT2D eigenvalue weighted by atomic mass is 35.5. The lowest BCUT2D eigenvalue weighted by atomic mass is 10.1. The molecule has 32 heavy (non-hydrogen) atoms. The number of carboxylic acids is 1. The van der Waals surface area contributed by atoms with Crippen molar-refractivity contribution in [3.8, 4) is 11.3 Å². The van der Waals surface area contributed by atoms with Gasteiger partial charge in [0.05, 0.1) is 10.6 Å². The number of carbonyl (C=O) groups excluding carboxylic acids is 1. The maximum absolute atomic E-state index is 13.0. The number of halogens is 1. The first-order valence-corrected chi connectivity index (χ1v) is 11.5. The minimum absolute atomic E-state index is 0.133. The molecule has 2 aromatic carbocycles. The van der Waals surface area contributed by atoms with Gasteiger partial charge in [0.2, 0.25) is 0 Å². The van der Waals surface area contributed by atoms with E-state index in [0.717, 1.165) is 11.1 Å². The number of rotatable bonds is 7. The van der Waals surface area contributed by atoms with Gasteiger partial charge in [0.1, 0.15) is 11.5 Å². The van der Waals surface area contributed by atoms with Crippen molar-refractivity contribution in [2.24, 2.45) is 0 Å². The number of aryl methyl sites for hydroxylation is 1. The van der Waals surface area contributed by atoms with E-state index >= 15 is 0 Å². The second-order valence-electron chi connectivity index (χ2n) is 7.14. The van der Waals surface area contributed by atoms with E-state index in [2.05, 4.69) is 0 Å². The quantitative estimate of drug-likeness (QED) is 0.309.